The summed E-state index contributed by atoms with van der Waals surface area (Å²) in [7, 11) is 0. The quantitative estimate of drug-likeness (QED) is 0.420. The molecule has 0 fully saturated rings. The number of hydrogen-bond acceptors (Lipinski definition) is 4. The van der Waals surface area contributed by atoms with Crippen LogP contribution in [0.5, 0.6) is 11.5 Å². The number of nitrogens with one attached hydrogen (secondary N) is 1. The van der Waals surface area contributed by atoms with E-state index in [0.29, 0.717) is 25.3 Å². The number of rotatable bonds is 7. The third-order valence-electron chi connectivity index (χ3n) is 6.06. The van der Waals surface area contributed by atoms with Gasteiger partial charge >= 0.3 is 5.97 Å². The summed E-state index contributed by atoms with van der Waals surface area (Å²) >= 11 is 0. The summed E-state index contributed by atoms with van der Waals surface area (Å²) in [5.74, 6) is 0.572. The molecule has 0 spiro atoms. The van der Waals surface area contributed by atoms with E-state index >= 15 is 0 Å². The van der Waals surface area contributed by atoms with Crippen LogP contribution in [0.2, 0.25) is 0 Å². The predicted octanol–water partition coefficient (Wildman–Crippen LogP) is 5.02. The number of aryl methyl sites for hydroxylation is 2. The average molecular weight is 443 g/mol. The minimum atomic E-state index is -0.921. The van der Waals surface area contributed by atoms with Crippen LogP contribution in [0, 0.1) is 13.8 Å². The number of fused-ring (bicyclic) bond motifs is 2. The molecule has 1 aliphatic heterocycles. The van der Waals surface area contributed by atoms with Gasteiger partial charge in [-0.15, -0.1) is 0 Å². The smallest absolute Gasteiger partial charge is 0.352 e. The normalized spacial score (nSPS) is 12.4. The zero-order valence-electron chi connectivity index (χ0n) is 18.7. The molecular weight excluding hydrogens is 416 g/mol. The number of aromatic carboxylic acids is 1. The van der Waals surface area contributed by atoms with Gasteiger partial charge in [-0.25, -0.2) is 4.79 Å². The van der Waals surface area contributed by atoms with Crippen molar-refractivity contribution in [3.63, 3.8) is 0 Å². The lowest BCUT2D eigenvalue weighted by molar-refractivity contribution is 0.0684. The predicted molar refractivity (Wildman–Crippen MR) is 127 cm³/mol. The van der Waals surface area contributed by atoms with Gasteiger partial charge in [0.1, 0.15) is 5.69 Å². The molecule has 0 unspecified atom stereocenters. The Morgan fingerprint density at radius 1 is 0.909 bits per heavy atom. The van der Waals surface area contributed by atoms with E-state index in [1.54, 1.807) is 0 Å². The van der Waals surface area contributed by atoms with Gasteiger partial charge < -0.3 is 24.5 Å². The third-order valence-corrected chi connectivity index (χ3v) is 6.06. The van der Waals surface area contributed by atoms with Crippen molar-refractivity contribution < 1.29 is 19.4 Å². The molecule has 0 bridgehead atoms. The number of carboxylic acid groups (broad SMARTS) is 1. The number of nitrogens with zero attached hydrogens (tertiary/aromatic N) is 1. The van der Waals surface area contributed by atoms with E-state index < -0.39 is 5.97 Å². The van der Waals surface area contributed by atoms with Gasteiger partial charge in [-0.05, 0) is 48.7 Å². The topological polar surface area (TPSA) is 72.7 Å². The van der Waals surface area contributed by atoms with Crippen LogP contribution >= 0.6 is 0 Å². The minimum absolute atomic E-state index is 0.244. The van der Waals surface area contributed by atoms with E-state index in [1.165, 1.54) is 5.56 Å². The molecule has 6 heteroatoms. The molecule has 168 valence electrons. The molecule has 33 heavy (non-hydrogen) atoms. The van der Waals surface area contributed by atoms with Gasteiger partial charge in [-0.1, -0.05) is 48.0 Å². The molecule has 4 aromatic rings. The minimum Gasteiger partial charge on any atom is -0.477 e. The van der Waals surface area contributed by atoms with E-state index in [4.69, 9.17) is 9.47 Å². The van der Waals surface area contributed by atoms with Gasteiger partial charge in [-0.2, -0.15) is 0 Å². The van der Waals surface area contributed by atoms with Crippen molar-refractivity contribution in [1.29, 1.82) is 0 Å². The zero-order chi connectivity index (χ0) is 22.9. The molecule has 0 saturated carbocycles. The fraction of sp³-hybridized carbons (Fsp3) is 0.222. The second kappa shape index (κ2) is 8.64. The van der Waals surface area contributed by atoms with E-state index in [9.17, 15) is 9.90 Å². The first-order valence-corrected chi connectivity index (χ1v) is 11.0. The lowest BCUT2D eigenvalue weighted by atomic mass is 10.1. The number of hydrogen-bond donors (Lipinski definition) is 2. The molecule has 2 N–H and O–H groups in total. The number of aromatic nitrogens is 1. The number of ether oxygens (including phenoxy) is 2. The van der Waals surface area contributed by atoms with Gasteiger partial charge in [0.15, 0.2) is 11.5 Å². The second-order valence-electron chi connectivity index (χ2n) is 8.52. The van der Waals surface area contributed by atoms with Crippen molar-refractivity contribution in [3.8, 4) is 11.5 Å². The zero-order valence-corrected chi connectivity index (χ0v) is 18.7. The maximum absolute atomic E-state index is 12.4. The van der Waals surface area contributed by atoms with Gasteiger partial charge in [0.2, 0.25) is 6.79 Å². The largest absolute Gasteiger partial charge is 0.477 e. The highest BCUT2D eigenvalue weighted by Gasteiger charge is 2.22. The lowest BCUT2D eigenvalue weighted by Crippen LogP contribution is -2.17. The van der Waals surface area contributed by atoms with Crippen molar-refractivity contribution in [3.05, 3.63) is 94.2 Å². The standard InChI is InChI=1S/C27H26N2O4/c1-17-3-6-19(7-4-17)15-29-23-11-18(2)5-9-21(23)22(26(29)27(30)31)14-28-13-20-8-10-24-25(12-20)33-16-32-24/h3-12,28H,13-16H2,1-2H3,(H,30,31). The Bertz CT molecular complexity index is 1340. The Morgan fingerprint density at radius 3 is 2.42 bits per heavy atom. The highest BCUT2D eigenvalue weighted by molar-refractivity contribution is 5.98. The third kappa shape index (κ3) is 4.17. The van der Waals surface area contributed by atoms with E-state index in [2.05, 4.69) is 35.6 Å². The van der Waals surface area contributed by atoms with Crippen LogP contribution in [0.15, 0.2) is 60.7 Å². The Hall–Kier alpha value is -3.77. The van der Waals surface area contributed by atoms with Crippen LogP contribution in [0.1, 0.15) is 38.3 Å². The van der Waals surface area contributed by atoms with Crippen molar-refractivity contribution in [2.24, 2.45) is 0 Å². The summed E-state index contributed by atoms with van der Waals surface area (Å²) in [5, 5.41) is 14.6. The second-order valence-corrected chi connectivity index (χ2v) is 8.52. The van der Waals surface area contributed by atoms with E-state index in [1.807, 2.05) is 48.7 Å². The number of benzene rings is 3. The van der Waals surface area contributed by atoms with Crippen LogP contribution in [0.4, 0.5) is 0 Å². The van der Waals surface area contributed by atoms with Crippen LogP contribution < -0.4 is 14.8 Å². The van der Waals surface area contributed by atoms with Crippen LogP contribution in [-0.4, -0.2) is 22.4 Å². The van der Waals surface area contributed by atoms with Crippen LogP contribution in [-0.2, 0) is 19.6 Å². The first kappa shape index (κ1) is 21.1. The molecule has 0 radical (unpaired) electrons. The summed E-state index contributed by atoms with van der Waals surface area (Å²) in [6, 6.07) is 20.2. The van der Waals surface area contributed by atoms with Crippen molar-refractivity contribution in [2.45, 2.75) is 33.5 Å². The summed E-state index contributed by atoms with van der Waals surface area (Å²) in [6.45, 7) is 5.85. The molecule has 0 amide bonds. The fourth-order valence-corrected chi connectivity index (χ4v) is 4.38. The highest BCUT2D eigenvalue weighted by Crippen LogP contribution is 2.33. The molecule has 0 saturated heterocycles. The van der Waals surface area contributed by atoms with Gasteiger partial charge in [0.25, 0.3) is 0 Å². The molecule has 1 aromatic heterocycles. The highest BCUT2D eigenvalue weighted by atomic mass is 16.7. The van der Waals surface area contributed by atoms with Crippen molar-refractivity contribution >= 4 is 16.9 Å². The lowest BCUT2D eigenvalue weighted by Gasteiger charge is -2.11. The summed E-state index contributed by atoms with van der Waals surface area (Å²) in [4.78, 5) is 12.4. The van der Waals surface area contributed by atoms with Crippen LogP contribution in [0.3, 0.4) is 0 Å². The Labute approximate surface area is 192 Å². The number of carboxylic acids is 1. The molecule has 5 rings (SSSR count). The fourth-order valence-electron chi connectivity index (χ4n) is 4.38. The van der Waals surface area contributed by atoms with E-state index in [-0.39, 0.29) is 6.79 Å². The van der Waals surface area contributed by atoms with Crippen LogP contribution in [0.25, 0.3) is 10.9 Å². The molecule has 0 aliphatic carbocycles. The molecule has 3 aromatic carbocycles. The summed E-state index contributed by atoms with van der Waals surface area (Å²) < 4.78 is 12.8. The maximum atomic E-state index is 12.4. The van der Waals surface area contributed by atoms with Gasteiger partial charge in [0.05, 0.1) is 0 Å². The number of carbonyl (C=O) groups is 1. The molecule has 2 heterocycles. The molecule has 0 atom stereocenters. The molecular formula is C27H26N2O4. The Kier molecular flexibility index (Phi) is 5.52. The monoisotopic (exact) mass is 442 g/mol. The Morgan fingerprint density at radius 2 is 1.64 bits per heavy atom. The molecule has 6 nitrogen and oxygen atoms in total. The Balaban J connectivity index is 1.47. The first-order chi connectivity index (χ1) is 16.0. The van der Waals surface area contributed by atoms with E-state index in [0.717, 1.165) is 44.7 Å². The van der Waals surface area contributed by atoms with Gasteiger partial charge in [0, 0.05) is 36.1 Å². The van der Waals surface area contributed by atoms with Gasteiger partial charge in [-0.3, -0.25) is 0 Å². The average Bonchev–Trinajstić information content (AvgIpc) is 3.37. The summed E-state index contributed by atoms with van der Waals surface area (Å²) in [5.41, 5.74) is 6.46. The van der Waals surface area contributed by atoms with Crippen molar-refractivity contribution in [1.82, 2.24) is 9.88 Å². The first-order valence-electron chi connectivity index (χ1n) is 11.0. The maximum Gasteiger partial charge on any atom is 0.352 e. The summed E-state index contributed by atoms with van der Waals surface area (Å²) in [6.07, 6.45) is 0. The SMILES string of the molecule is Cc1ccc(Cn2c(C(=O)O)c(CNCc3ccc4c(c3)OCO4)c3ccc(C)cc32)cc1. The molecule has 1 aliphatic rings. The van der Waals surface area contributed by atoms with Crippen molar-refractivity contribution in [2.75, 3.05) is 6.79 Å².